The highest BCUT2D eigenvalue weighted by Crippen LogP contribution is 2.26. The minimum atomic E-state index is 0.492. The number of hydrogen-bond donors (Lipinski definition) is 1. The highest BCUT2D eigenvalue weighted by atomic mass is 15.1. The average Bonchev–Trinajstić information content (AvgIpc) is 2.43. The Labute approximate surface area is 119 Å². The highest BCUT2D eigenvalue weighted by molar-refractivity contribution is 5.46. The van der Waals surface area contributed by atoms with Gasteiger partial charge in [0.25, 0.3) is 0 Å². The van der Waals surface area contributed by atoms with Gasteiger partial charge >= 0.3 is 0 Å². The van der Waals surface area contributed by atoms with E-state index in [0.29, 0.717) is 6.04 Å². The molecule has 1 unspecified atom stereocenters. The van der Waals surface area contributed by atoms with Crippen LogP contribution in [-0.2, 0) is 0 Å². The van der Waals surface area contributed by atoms with Crippen LogP contribution in [0, 0.1) is 5.92 Å². The van der Waals surface area contributed by atoms with E-state index in [-0.39, 0.29) is 0 Å². The van der Waals surface area contributed by atoms with Gasteiger partial charge in [-0.05, 0) is 36.6 Å². The van der Waals surface area contributed by atoms with E-state index >= 15 is 0 Å². The molecule has 1 aromatic rings. The van der Waals surface area contributed by atoms with E-state index in [0.717, 1.165) is 12.5 Å². The first-order valence-electron chi connectivity index (χ1n) is 7.62. The summed E-state index contributed by atoms with van der Waals surface area (Å²) < 4.78 is 0. The van der Waals surface area contributed by atoms with E-state index < -0.39 is 0 Å². The van der Waals surface area contributed by atoms with Gasteiger partial charge in [0, 0.05) is 25.8 Å². The molecule has 108 valence electrons. The fraction of sp³-hybridized carbons (Fsp3) is 0.647. The molecule has 1 rings (SSSR count). The Bertz CT molecular complexity index is 339. The second kappa shape index (κ2) is 8.21. The van der Waals surface area contributed by atoms with E-state index in [1.54, 1.807) is 0 Å². The molecular formula is C17H30N2. The molecule has 0 saturated heterocycles. The van der Waals surface area contributed by atoms with Crippen molar-refractivity contribution >= 4 is 5.69 Å². The molecule has 0 fully saturated rings. The minimum Gasteiger partial charge on any atom is -0.378 e. The molecule has 0 aliphatic carbocycles. The van der Waals surface area contributed by atoms with Crippen molar-refractivity contribution in [3.05, 3.63) is 29.8 Å². The van der Waals surface area contributed by atoms with E-state index in [2.05, 4.69) is 69.3 Å². The molecule has 0 radical (unpaired) electrons. The van der Waals surface area contributed by atoms with Gasteiger partial charge in [-0.3, -0.25) is 0 Å². The zero-order valence-corrected chi connectivity index (χ0v) is 13.2. The van der Waals surface area contributed by atoms with Crippen LogP contribution in [0.1, 0.15) is 51.6 Å². The van der Waals surface area contributed by atoms with Gasteiger partial charge in [0.05, 0.1) is 0 Å². The van der Waals surface area contributed by atoms with Gasteiger partial charge in [0.1, 0.15) is 0 Å². The minimum absolute atomic E-state index is 0.492. The Morgan fingerprint density at radius 3 is 2.00 bits per heavy atom. The molecular weight excluding hydrogens is 232 g/mol. The van der Waals surface area contributed by atoms with Crippen molar-refractivity contribution in [1.29, 1.82) is 0 Å². The normalized spacial score (nSPS) is 12.7. The third-order valence-corrected chi connectivity index (χ3v) is 3.99. The van der Waals surface area contributed by atoms with Crippen molar-refractivity contribution in [3.8, 4) is 0 Å². The fourth-order valence-corrected chi connectivity index (χ4v) is 2.54. The quantitative estimate of drug-likeness (QED) is 0.754. The number of nitrogens with zero attached hydrogens (tertiary/aromatic N) is 1. The van der Waals surface area contributed by atoms with Gasteiger partial charge < -0.3 is 10.2 Å². The van der Waals surface area contributed by atoms with Crippen molar-refractivity contribution in [3.63, 3.8) is 0 Å². The Balaban J connectivity index is 2.80. The van der Waals surface area contributed by atoms with Crippen molar-refractivity contribution in [2.75, 3.05) is 25.5 Å². The van der Waals surface area contributed by atoms with E-state index in [1.165, 1.54) is 30.5 Å². The van der Waals surface area contributed by atoms with Crippen LogP contribution in [0.2, 0.25) is 0 Å². The number of rotatable bonds is 8. The molecule has 0 spiro atoms. The predicted octanol–water partition coefficient (Wildman–Crippen LogP) is 4.23. The largest absolute Gasteiger partial charge is 0.378 e. The number of anilines is 1. The highest BCUT2D eigenvalue weighted by Gasteiger charge is 2.15. The maximum Gasteiger partial charge on any atom is 0.0361 e. The molecule has 0 aliphatic heterocycles. The van der Waals surface area contributed by atoms with Crippen LogP contribution in [0.15, 0.2) is 24.3 Å². The van der Waals surface area contributed by atoms with Crippen molar-refractivity contribution in [2.45, 2.75) is 46.1 Å². The molecule has 2 heteroatoms. The Morgan fingerprint density at radius 1 is 1.00 bits per heavy atom. The van der Waals surface area contributed by atoms with Crippen molar-refractivity contribution < 1.29 is 0 Å². The molecule has 1 N–H and O–H groups in total. The Hall–Kier alpha value is -1.02. The lowest BCUT2D eigenvalue weighted by molar-refractivity contribution is 0.375. The summed E-state index contributed by atoms with van der Waals surface area (Å²) in [7, 11) is 4.17. The molecule has 0 aliphatic rings. The fourth-order valence-electron chi connectivity index (χ4n) is 2.54. The summed E-state index contributed by atoms with van der Waals surface area (Å²) in [4.78, 5) is 2.15. The summed E-state index contributed by atoms with van der Waals surface area (Å²) in [6.45, 7) is 7.81. The maximum atomic E-state index is 3.63. The van der Waals surface area contributed by atoms with E-state index in [4.69, 9.17) is 0 Å². The van der Waals surface area contributed by atoms with Crippen molar-refractivity contribution in [2.24, 2.45) is 5.92 Å². The predicted molar refractivity (Wildman–Crippen MR) is 85.9 cm³/mol. The molecule has 0 amide bonds. The van der Waals surface area contributed by atoms with Crippen LogP contribution in [0.4, 0.5) is 5.69 Å². The molecule has 0 saturated carbocycles. The lowest BCUT2D eigenvalue weighted by Crippen LogP contribution is -2.23. The molecule has 19 heavy (non-hydrogen) atoms. The molecule has 1 aromatic carbocycles. The van der Waals surface area contributed by atoms with Gasteiger partial charge in [-0.25, -0.2) is 0 Å². The molecule has 2 nitrogen and oxygen atoms in total. The lowest BCUT2D eigenvalue weighted by atomic mass is 9.91. The zero-order valence-electron chi connectivity index (χ0n) is 13.2. The first-order valence-corrected chi connectivity index (χ1v) is 7.62. The first kappa shape index (κ1) is 16.0. The summed E-state index contributed by atoms with van der Waals surface area (Å²) in [5.41, 5.74) is 2.68. The van der Waals surface area contributed by atoms with Crippen LogP contribution >= 0.6 is 0 Å². The van der Waals surface area contributed by atoms with Crippen LogP contribution in [-0.4, -0.2) is 20.6 Å². The molecule has 0 aromatic heterocycles. The van der Waals surface area contributed by atoms with Crippen LogP contribution in [0.25, 0.3) is 0 Å². The molecule has 1 atom stereocenters. The zero-order chi connectivity index (χ0) is 14.3. The van der Waals surface area contributed by atoms with E-state index in [9.17, 15) is 0 Å². The standard InChI is InChI=1S/C17H30N2/c1-6-14(7-2)13-17(18-8-3)15-9-11-16(12-10-15)19(4)5/h9-12,14,17-18H,6-8,13H2,1-5H3. The molecule has 0 bridgehead atoms. The number of nitrogens with one attached hydrogen (secondary N) is 1. The Kier molecular flexibility index (Phi) is 6.93. The van der Waals surface area contributed by atoms with Crippen LogP contribution in [0.5, 0.6) is 0 Å². The van der Waals surface area contributed by atoms with Gasteiger partial charge in [-0.15, -0.1) is 0 Å². The SMILES string of the molecule is CCNC(CC(CC)CC)c1ccc(N(C)C)cc1. The van der Waals surface area contributed by atoms with Gasteiger partial charge in [-0.2, -0.15) is 0 Å². The lowest BCUT2D eigenvalue weighted by Gasteiger charge is -2.24. The Morgan fingerprint density at radius 2 is 1.58 bits per heavy atom. The summed E-state index contributed by atoms with van der Waals surface area (Å²) in [6.07, 6.45) is 3.78. The van der Waals surface area contributed by atoms with Gasteiger partial charge in [-0.1, -0.05) is 45.7 Å². The average molecular weight is 262 g/mol. The van der Waals surface area contributed by atoms with Gasteiger partial charge in [0.15, 0.2) is 0 Å². The topological polar surface area (TPSA) is 15.3 Å². The monoisotopic (exact) mass is 262 g/mol. The third-order valence-electron chi connectivity index (χ3n) is 3.99. The summed E-state index contributed by atoms with van der Waals surface area (Å²) in [6, 6.07) is 9.46. The first-order chi connectivity index (χ1) is 9.12. The summed E-state index contributed by atoms with van der Waals surface area (Å²) in [5.74, 6) is 0.817. The molecule has 0 heterocycles. The maximum absolute atomic E-state index is 3.63. The third kappa shape index (κ3) is 4.87. The van der Waals surface area contributed by atoms with Gasteiger partial charge in [0.2, 0.25) is 0 Å². The smallest absolute Gasteiger partial charge is 0.0361 e. The van der Waals surface area contributed by atoms with E-state index in [1.807, 2.05) is 0 Å². The number of benzene rings is 1. The summed E-state index contributed by atoms with van der Waals surface area (Å²) >= 11 is 0. The second-order valence-electron chi connectivity index (χ2n) is 5.51. The second-order valence-corrected chi connectivity index (χ2v) is 5.51. The number of hydrogen-bond acceptors (Lipinski definition) is 2. The van der Waals surface area contributed by atoms with Crippen LogP contribution < -0.4 is 10.2 Å². The van der Waals surface area contributed by atoms with Crippen molar-refractivity contribution in [1.82, 2.24) is 5.32 Å². The van der Waals surface area contributed by atoms with Crippen LogP contribution in [0.3, 0.4) is 0 Å². The summed E-state index contributed by atoms with van der Waals surface area (Å²) in [5, 5.41) is 3.63.